The Bertz CT molecular complexity index is 717. The highest BCUT2D eigenvalue weighted by atomic mass is 16.3. The Hall–Kier alpha value is -0.950. The average Bonchev–Trinajstić information content (AvgIpc) is 3.12. The molecule has 298 valence electrons. The number of allylic oxidation sites excluding steroid dienone is 2. The Balaban J connectivity index is 3.54. The van der Waals surface area contributed by atoms with E-state index in [1.165, 1.54) is 167 Å². The molecule has 0 aromatic heterocycles. The molecule has 4 unspecified atom stereocenters. The molecule has 6 nitrogen and oxygen atoms in total. The van der Waals surface area contributed by atoms with Gasteiger partial charge in [0.2, 0.25) is 5.91 Å². The minimum atomic E-state index is -1.25. The van der Waals surface area contributed by atoms with Gasteiger partial charge in [0.1, 0.15) is 12.2 Å². The zero-order chi connectivity index (χ0) is 36.8. The zero-order valence-electron chi connectivity index (χ0n) is 33.4. The highest BCUT2D eigenvalue weighted by Crippen LogP contribution is 2.16. The first-order valence-electron chi connectivity index (χ1n) is 22.1. The Morgan fingerprint density at radius 3 is 1.16 bits per heavy atom. The third kappa shape index (κ3) is 32.9. The smallest absolute Gasteiger partial charge is 0.249 e. The topological polar surface area (TPSA) is 110 Å². The average molecular weight is 710 g/mol. The van der Waals surface area contributed by atoms with E-state index in [0.717, 1.165) is 38.5 Å². The third-order valence-electron chi connectivity index (χ3n) is 10.5. The van der Waals surface area contributed by atoms with Crippen molar-refractivity contribution in [3.05, 3.63) is 12.2 Å². The second kappa shape index (κ2) is 39.3. The quantitative estimate of drug-likeness (QED) is 0.0321. The van der Waals surface area contributed by atoms with Gasteiger partial charge < -0.3 is 25.7 Å². The minimum absolute atomic E-state index is 0.371. The number of unbranched alkanes of at least 4 members (excludes halogenated alkanes) is 29. The first kappa shape index (κ1) is 49.0. The summed E-state index contributed by atoms with van der Waals surface area (Å²) in [7, 11) is 0. The van der Waals surface area contributed by atoms with Gasteiger partial charge in [0, 0.05) is 0 Å². The second-order valence-electron chi connectivity index (χ2n) is 15.4. The maximum Gasteiger partial charge on any atom is 0.249 e. The summed E-state index contributed by atoms with van der Waals surface area (Å²) in [5.41, 5.74) is 0. The number of nitrogens with one attached hydrogen (secondary N) is 1. The monoisotopic (exact) mass is 710 g/mol. The van der Waals surface area contributed by atoms with Crippen LogP contribution < -0.4 is 5.32 Å². The first-order valence-corrected chi connectivity index (χ1v) is 22.1. The van der Waals surface area contributed by atoms with Crippen LogP contribution >= 0.6 is 0 Å². The number of amides is 1. The van der Waals surface area contributed by atoms with Crippen molar-refractivity contribution >= 4 is 5.91 Å². The molecule has 0 spiro atoms. The van der Waals surface area contributed by atoms with Crippen LogP contribution in [0.1, 0.15) is 232 Å². The van der Waals surface area contributed by atoms with Crippen LogP contribution in [-0.4, -0.2) is 57.3 Å². The molecular formula is C44H87NO5. The van der Waals surface area contributed by atoms with Gasteiger partial charge in [-0.1, -0.05) is 206 Å². The largest absolute Gasteiger partial charge is 0.394 e. The molecule has 0 radical (unpaired) electrons. The molecule has 0 rings (SSSR count). The molecule has 0 heterocycles. The summed E-state index contributed by atoms with van der Waals surface area (Å²) >= 11 is 0. The summed E-state index contributed by atoms with van der Waals surface area (Å²) < 4.78 is 0. The number of carbonyl (C=O) groups excluding carboxylic acids is 1. The Morgan fingerprint density at radius 1 is 0.480 bits per heavy atom. The highest BCUT2D eigenvalue weighted by Gasteiger charge is 2.28. The number of hydrogen-bond donors (Lipinski definition) is 5. The zero-order valence-corrected chi connectivity index (χ0v) is 33.4. The summed E-state index contributed by atoms with van der Waals surface area (Å²) in [6.07, 6.45) is 43.0. The van der Waals surface area contributed by atoms with E-state index in [4.69, 9.17) is 0 Å². The van der Waals surface area contributed by atoms with Crippen molar-refractivity contribution in [2.45, 2.75) is 257 Å². The van der Waals surface area contributed by atoms with E-state index in [-0.39, 0.29) is 0 Å². The van der Waals surface area contributed by atoms with Gasteiger partial charge in [0.15, 0.2) is 0 Å². The van der Waals surface area contributed by atoms with Crippen molar-refractivity contribution in [3.8, 4) is 0 Å². The number of aliphatic hydroxyl groups excluding tert-OH is 4. The van der Waals surface area contributed by atoms with Crippen LogP contribution in [0.3, 0.4) is 0 Å². The lowest BCUT2D eigenvalue weighted by molar-refractivity contribution is -0.132. The lowest BCUT2D eigenvalue weighted by atomic mass is 9.99. The van der Waals surface area contributed by atoms with E-state index in [2.05, 4.69) is 31.3 Å². The number of hydrogen-bond acceptors (Lipinski definition) is 5. The minimum Gasteiger partial charge on any atom is -0.394 e. The fourth-order valence-electron chi connectivity index (χ4n) is 6.93. The molecule has 0 aromatic rings. The molecule has 1 amide bonds. The normalized spacial score (nSPS) is 14.3. The summed E-state index contributed by atoms with van der Waals surface area (Å²) in [6, 6.07) is -0.979. The molecule has 0 fully saturated rings. The predicted molar refractivity (Wildman–Crippen MR) is 215 cm³/mol. The van der Waals surface area contributed by atoms with Crippen LogP contribution in [0.4, 0.5) is 0 Å². The highest BCUT2D eigenvalue weighted by molar-refractivity contribution is 5.80. The van der Waals surface area contributed by atoms with E-state index in [0.29, 0.717) is 12.8 Å². The number of rotatable bonds is 40. The molecular weight excluding hydrogens is 622 g/mol. The SMILES string of the molecule is CCCCCCCCCCCCCC/C=C\CCCCCCCCCCCCCCC(O)C(=O)NC(CO)C(O)C(O)CCCCCCCC. The Morgan fingerprint density at radius 2 is 0.800 bits per heavy atom. The summed E-state index contributed by atoms with van der Waals surface area (Å²) in [4.78, 5) is 12.4. The van der Waals surface area contributed by atoms with Crippen molar-refractivity contribution < 1.29 is 25.2 Å². The molecule has 6 heteroatoms. The van der Waals surface area contributed by atoms with Crippen LogP contribution in [0, 0.1) is 0 Å². The lowest BCUT2D eigenvalue weighted by Crippen LogP contribution is -2.53. The van der Waals surface area contributed by atoms with Gasteiger partial charge in [-0.2, -0.15) is 0 Å². The summed E-state index contributed by atoms with van der Waals surface area (Å²) in [5.74, 6) is -0.587. The van der Waals surface area contributed by atoms with Gasteiger partial charge in [-0.05, 0) is 38.5 Å². The van der Waals surface area contributed by atoms with Crippen molar-refractivity contribution in [3.63, 3.8) is 0 Å². The maximum absolute atomic E-state index is 12.4. The summed E-state index contributed by atoms with van der Waals surface area (Å²) in [6.45, 7) is 3.98. The van der Waals surface area contributed by atoms with Crippen LogP contribution in [0.2, 0.25) is 0 Å². The van der Waals surface area contributed by atoms with Crippen molar-refractivity contribution in [1.29, 1.82) is 0 Å². The van der Waals surface area contributed by atoms with Gasteiger partial charge in [-0.3, -0.25) is 4.79 Å². The molecule has 0 aliphatic rings. The van der Waals surface area contributed by atoms with Gasteiger partial charge in [0.25, 0.3) is 0 Å². The van der Waals surface area contributed by atoms with E-state index < -0.39 is 36.9 Å². The van der Waals surface area contributed by atoms with Crippen molar-refractivity contribution in [1.82, 2.24) is 5.32 Å². The molecule has 0 saturated heterocycles. The van der Waals surface area contributed by atoms with E-state index in [1.54, 1.807) is 0 Å². The molecule has 5 N–H and O–H groups in total. The van der Waals surface area contributed by atoms with E-state index in [9.17, 15) is 25.2 Å². The fraction of sp³-hybridized carbons (Fsp3) is 0.932. The standard InChI is InChI=1S/C44H87NO5/c1-3-5-7-9-11-12-13-14-15-16-17-18-19-20-21-22-23-24-25-26-27-28-29-30-31-32-34-36-38-42(48)44(50)45-40(39-46)43(49)41(47)37-35-33-10-8-6-4-2/h20-21,40-43,46-49H,3-19,22-39H2,1-2H3,(H,45,50)/b21-20-. The Labute approximate surface area is 311 Å². The molecule has 0 aliphatic carbocycles. The van der Waals surface area contributed by atoms with Crippen molar-refractivity contribution in [2.75, 3.05) is 6.61 Å². The molecule has 0 saturated carbocycles. The van der Waals surface area contributed by atoms with Gasteiger partial charge >= 0.3 is 0 Å². The van der Waals surface area contributed by atoms with Gasteiger partial charge in [-0.25, -0.2) is 0 Å². The van der Waals surface area contributed by atoms with E-state index in [1.807, 2.05) is 0 Å². The summed E-state index contributed by atoms with van der Waals surface area (Å²) in [5, 5.41) is 43.2. The van der Waals surface area contributed by atoms with E-state index >= 15 is 0 Å². The molecule has 0 aromatic carbocycles. The number of aliphatic hydroxyl groups is 4. The number of carbonyl (C=O) groups is 1. The van der Waals surface area contributed by atoms with Crippen LogP contribution in [-0.2, 0) is 4.79 Å². The Kier molecular flexibility index (Phi) is 38.5. The second-order valence-corrected chi connectivity index (χ2v) is 15.4. The maximum atomic E-state index is 12.4. The fourth-order valence-corrected chi connectivity index (χ4v) is 6.93. The lowest BCUT2D eigenvalue weighted by Gasteiger charge is -2.27. The van der Waals surface area contributed by atoms with Crippen molar-refractivity contribution in [2.24, 2.45) is 0 Å². The van der Waals surface area contributed by atoms with Crippen LogP contribution in [0.25, 0.3) is 0 Å². The first-order chi connectivity index (χ1) is 24.5. The van der Waals surface area contributed by atoms with Crippen LogP contribution in [0.15, 0.2) is 12.2 Å². The van der Waals surface area contributed by atoms with Gasteiger partial charge in [-0.15, -0.1) is 0 Å². The molecule has 50 heavy (non-hydrogen) atoms. The molecule has 0 aliphatic heterocycles. The van der Waals surface area contributed by atoms with Gasteiger partial charge in [0.05, 0.1) is 18.8 Å². The van der Waals surface area contributed by atoms with Crippen LogP contribution in [0.5, 0.6) is 0 Å². The third-order valence-corrected chi connectivity index (χ3v) is 10.5. The molecule has 0 bridgehead atoms. The molecule has 4 atom stereocenters. The predicted octanol–water partition coefficient (Wildman–Crippen LogP) is 11.4.